The van der Waals surface area contributed by atoms with Gasteiger partial charge < -0.3 is 76.2 Å². The van der Waals surface area contributed by atoms with Crippen molar-refractivity contribution in [2.24, 2.45) is 5.92 Å². The molecular weight excluding hydrogens is 1260 g/mol. The first-order valence-electron chi connectivity index (χ1n) is 32.9. The lowest BCUT2D eigenvalue weighted by atomic mass is 9.86. The van der Waals surface area contributed by atoms with Crippen molar-refractivity contribution in [3.05, 3.63) is 68.2 Å². The fraction of sp³-hybridized carbons (Fsp3) is 0.636. The van der Waals surface area contributed by atoms with Crippen molar-refractivity contribution < 1.29 is 67.0 Å². The molecule has 2 bridgehead atoms. The fourth-order valence-corrected chi connectivity index (χ4v) is 12.2. The molecule has 0 spiro atoms. The van der Waals surface area contributed by atoms with Gasteiger partial charge in [-0.3, -0.25) is 43.6 Å². The van der Waals surface area contributed by atoms with E-state index in [1.807, 2.05) is 20.8 Å². The zero-order valence-corrected chi connectivity index (χ0v) is 56.9. The van der Waals surface area contributed by atoms with E-state index in [1.54, 1.807) is 25.1 Å². The largest absolute Gasteiger partial charge is 0.493 e. The molecule has 9 rings (SSSR count). The first-order chi connectivity index (χ1) is 44.7. The van der Waals surface area contributed by atoms with Gasteiger partial charge in [0.25, 0.3) is 17.7 Å². The van der Waals surface area contributed by atoms with Crippen LogP contribution >= 0.6 is 34.8 Å². The molecule has 518 valence electrons. The van der Waals surface area contributed by atoms with Gasteiger partial charge in [-0.1, -0.05) is 47.6 Å². The topological polar surface area (TPSA) is 314 Å². The number of hydrogen-bond donors (Lipinski definition) is 7. The van der Waals surface area contributed by atoms with E-state index in [9.17, 15) is 28.8 Å². The maximum Gasteiger partial charge on any atom is 0.306 e. The normalized spacial score (nSPS) is 20.6. The number of halogens is 3. The molecular formula is C66H99Cl3N10O14. The number of nitrogens with two attached hydrogens (primary N) is 3. The molecule has 0 saturated carbocycles. The lowest BCUT2D eigenvalue weighted by molar-refractivity contribution is -0.159. The minimum Gasteiger partial charge on any atom is -0.493 e. The number of ketones is 1. The molecule has 93 heavy (non-hydrogen) atoms. The van der Waals surface area contributed by atoms with Crippen LogP contribution in [0.15, 0.2) is 36.4 Å². The summed E-state index contributed by atoms with van der Waals surface area (Å²) < 4.78 is 39.8. The van der Waals surface area contributed by atoms with Crippen LogP contribution in [0, 0.1) is 5.92 Å². The Hall–Kier alpha value is -5.93. The number of carboxylic acid groups (broad SMARTS) is 1. The number of fused-ring (bicyclic) bond motifs is 3. The number of Topliss-reactive ketones (excluding diaryl/α,β-unsaturated/α-hetero) is 1. The lowest BCUT2D eigenvalue weighted by Crippen LogP contribution is -2.52. The van der Waals surface area contributed by atoms with Gasteiger partial charge in [-0.25, -0.2) is 0 Å². The van der Waals surface area contributed by atoms with E-state index in [0.29, 0.717) is 157 Å². The molecule has 6 fully saturated rings. The van der Waals surface area contributed by atoms with Crippen LogP contribution in [0.25, 0.3) is 0 Å². The van der Waals surface area contributed by atoms with Crippen LogP contribution in [0.1, 0.15) is 136 Å². The van der Waals surface area contributed by atoms with Crippen LogP contribution in [-0.4, -0.2) is 222 Å². The van der Waals surface area contributed by atoms with Crippen LogP contribution in [0.2, 0.25) is 15.1 Å². The highest BCUT2D eigenvalue weighted by Crippen LogP contribution is 2.33. The van der Waals surface area contributed by atoms with Gasteiger partial charge in [0.15, 0.2) is 0 Å². The van der Waals surface area contributed by atoms with Gasteiger partial charge in [0.1, 0.15) is 29.1 Å². The quantitative estimate of drug-likeness (QED) is 0.0181. The number of ether oxygens (including phenoxy) is 7. The average molecular weight is 1360 g/mol. The van der Waals surface area contributed by atoms with Crippen LogP contribution < -0.4 is 47.4 Å². The van der Waals surface area contributed by atoms with E-state index in [-0.39, 0.29) is 60.3 Å². The molecule has 24 nitrogen and oxygen atoms in total. The van der Waals surface area contributed by atoms with E-state index in [0.717, 1.165) is 123 Å². The number of carbonyl (C=O) groups is 6. The average Bonchev–Trinajstić information content (AvgIpc) is 1.00. The molecule has 10 N–H and O–H groups in total. The molecule has 1 unspecified atom stereocenters. The van der Waals surface area contributed by atoms with Crippen molar-refractivity contribution in [3.63, 3.8) is 0 Å². The summed E-state index contributed by atoms with van der Waals surface area (Å²) in [6.07, 6.45) is 9.72. The van der Waals surface area contributed by atoms with Crippen molar-refractivity contribution in [2.75, 3.05) is 155 Å². The number of carboxylic acids is 1. The summed E-state index contributed by atoms with van der Waals surface area (Å²) in [6, 6.07) is 9.28. The molecule has 6 aliphatic rings. The second-order valence-electron chi connectivity index (χ2n) is 23.9. The molecule has 6 saturated heterocycles. The van der Waals surface area contributed by atoms with E-state index >= 15 is 0 Å². The predicted molar refractivity (Wildman–Crippen MR) is 360 cm³/mol. The SMILES string of the molecule is CCOc1cc(N)c(Cl)cc1C(=O)NC[C@@H]1CN(CCCC(=O)OC2CN3CCC2CC3)CCO1.CCOc1cc(N)c(Cl)cc1C(=O)NC[C@@H]1CN(CCCCCC(=O)O)CCO1.CCOc1cc(N)c(Cl)cc1C(=O)NC[C@H]1CN(CCCCCC(C)=O)CCO1. The number of nitrogens with one attached hydrogen (secondary N) is 3. The minimum atomic E-state index is -0.748. The maximum absolute atomic E-state index is 12.8. The molecule has 3 aromatic carbocycles. The summed E-state index contributed by atoms with van der Waals surface area (Å²) in [5.41, 5.74) is 19.6. The van der Waals surface area contributed by atoms with E-state index in [4.69, 9.17) is 90.3 Å². The summed E-state index contributed by atoms with van der Waals surface area (Å²) >= 11 is 18.3. The number of benzene rings is 3. The Balaban J connectivity index is 0.000000223. The Kier molecular flexibility index (Phi) is 33.1. The number of aliphatic carboxylic acids is 1. The highest BCUT2D eigenvalue weighted by molar-refractivity contribution is 6.34. The van der Waals surface area contributed by atoms with Gasteiger partial charge in [-0.2, -0.15) is 0 Å². The zero-order chi connectivity index (χ0) is 67.2. The Labute approximate surface area is 562 Å². The molecule has 3 aromatic rings. The Bertz CT molecular complexity index is 2770. The molecule has 27 heteroatoms. The number of anilines is 3. The highest BCUT2D eigenvalue weighted by atomic mass is 35.5. The third kappa shape index (κ3) is 26.3. The van der Waals surface area contributed by atoms with Crippen molar-refractivity contribution in [1.29, 1.82) is 0 Å². The fourth-order valence-electron chi connectivity index (χ4n) is 11.7. The molecule has 3 amide bonds. The number of piperidine rings is 3. The Morgan fingerprint density at radius 3 is 1.24 bits per heavy atom. The van der Waals surface area contributed by atoms with Gasteiger partial charge in [0.2, 0.25) is 0 Å². The van der Waals surface area contributed by atoms with Crippen molar-refractivity contribution in [2.45, 2.75) is 129 Å². The Morgan fingerprint density at radius 2 is 0.892 bits per heavy atom. The van der Waals surface area contributed by atoms with Crippen molar-refractivity contribution in [1.82, 2.24) is 35.6 Å². The number of nitrogens with zero attached hydrogens (tertiary/aromatic N) is 4. The van der Waals surface area contributed by atoms with E-state index in [1.165, 1.54) is 18.2 Å². The monoisotopic (exact) mass is 1360 g/mol. The van der Waals surface area contributed by atoms with Crippen LogP contribution in [-0.2, 0) is 33.3 Å². The molecule has 6 heterocycles. The van der Waals surface area contributed by atoms with E-state index < -0.39 is 5.97 Å². The smallest absolute Gasteiger partial charge is 0.306 e. The number of unbranched alkanes of at least 4 members (excludes halogenated alkanes) is 4. The van der Waals surface area contributed by atoms with Crippen molar-refractivity contribution >= 4 is 87.3 Å². The number of amides is 3. The number of morpholine rings is 3. The minimum absolute atomic E-state index is 0.0651. The molecule has 0 radical (unpaired) electrons. The third-order valence-corrected chi connectivity index (χ3v) is 17.7. The van der Waals surface area contributed by atoms with Gasteiger partial charge in [-0.15, -0.1) is 0 Å². The number of nitrogen functional groups attached to an aromatic ring is 3. The van der Waals surface area contributed by atoms with Crippen LogP contribution in [0.5, 0.6) is 17.2 Å². The first kappa shape index (κ1) is 76.1. The third-order valence-electron chi connectivity index (χ3n) is 16.7. The summed E-state index contributed by atoms with van der Waals surface area (Å²) in [7, 11) is 0. The van der Waals surface area contributed by atoms with Gasteiger partial charge in [0, 0.05) is 103 Å². The summed E-state index contributed by atoms with van der Waals surface area (Å²) in [5, 5.41) is 18.3. The molecule has 6 aliphatic heterocycles. The van der Waals surface area contributed by atoms with Crippen LogP contribution in [0.3, 0.4) is 0 Å². The Morgan fingerprint density at radius 1 is 0.516 bits per heavy atom. The highest BCUT2D eigenvalue weighted by Gasteiger charge is 2.36. The predicted octanol–water partition coefficient (Wildman–Crippen LogP) is 7.47. The standard InChI is InChI=1S/C25H37ClN4O5.C21H32ClN3O4.C20H30ClN3O5/c1-2-33-22-13-21(27)20(26)12-19(22)25(32)28-14-18-15-29(10-11-34-18)7-3-4-24(31)35-23-16-30-8-5-17(23)6-9-30;1-3-28-20-12-19(23)18(22)11-17(20)21(27)24-13-16-14-25(9-10-29-16)8-6-4-5-7-15(2)26;1-2-28-18-11-17(22)16(21)10-15(18)20(27)23-12-14-13-24(8-9-29-14)7-5-3-4-6-19(25)26/h12-13,17-18,23H,2-11,14-16,27H2,1H3,(H,28,32);11-12,16H,3-10,13-14,23H2,1-2H3,(H,24,27);10-11,14H,2-9,12-13,22H2,1H3,(H,23,27)(H,25,26)/t18-,23?;16-;14-/m101/s1. The zero-order valence-electron chi connectivity index (χ0n) is 54.6. The summed E-state index contributed by atoms with van der Waals surface area (Å²) in [6.45, 7) is 21.9. The number of hydrogen-bond acceptors (Lipinski definition) is 20. The van der Waals surface area contributed by atoms with E-state index in [2.05, 4.69) is 35.6 Å². The second kappa shape index (κ2) is 40.5. The number of esters is 1. The molecule has 0 aromatic heterocycles. The first-order valence-corrected chi connectivity index (χ1v) is 34.0. The second-order valence-corrected chi connectivity index (χ2v) is 25.1. The lowest BCUT2D eigenvalue weighted by Gasteiger charge is -2.43. The maximum atomic E-state index is 12.8. The van der Waals surface area contributed by atoms with Gasteiger partial charge in [0.05, 0.1) is 107 Å². The number of rotatable bonds is 32. The van der Waals surface area contributed by atoms with Gasteiger partial charge >= 0.3 is 11.9 Å². The van der Waals surface area contributed by atoms with Crippen molar-refractivity contribution in [3.8, 4) is 17.2 Å². The van der Waals surface area contributed by atoms with Crippen LogP contribution in [0.4, 0.5) is 17.1 Å². The summed E-state index contributed by atoms with van der Waals surface area (Å²) in [4.78, 5) is 81.2. The number of carbonyl (C=O) groups excluding carboxylic acids is 5. The van der Waals surface area contributed by atoms with Gasteiger partial charge in [-0.05, 0) is 129 Å². The molecule has 0 aliphatic carbocycles. The molecule has 4 atom stereocenters. The summed E-state index contributed by atoms with van der Waals surface area (Å²) in [5.74, 6) is 0.341.